The molecule has 1 heterocycles. The Morgan fingerprint density at radius 3 is 2.46 bits per heavy atom. The van der Waals surface area contributed by atoms with Gasteiger partial charge in [0.15, 0.2) is 0 Å². The quantitative estimate of drug-likeness (QED) is 0.534. The molecule has 3 rings (SSSR count). The third-order valence-electron chi connectivity index (χ3n) is 3.84. The lowest BCUT2D eigenvalue weighted by atomic mass is 10.1. The zero-order valence-corrected chi connectivity index (χ0v) is 15.1. The predicted octanol–water partition coefficient (Wildman–Crippen LogP) is 4.53. The molecule has 1 aromatic heterocycles. The van der Waals surface area contributed by atoms with E-state index in [-0.39, 0.29) is 12.6 Å². The molecule has 0 spiro atoms. The second-order valence-electron chi connectivity index (χ2n) is 5.73. The van der Waals surface area contributed by atoms with E-state index in [1.807, 2.05) is 49.4 Å². The van der Waals surface area contributed by atoms with Crippen molar-refractivity contribution in [2.24, 2.45) is 0 Å². The fourth-order valence-electron chi connectivity index (χ4n) is 2.42. The van der Waals surface area contributed by atoms with Gasteiger partial charge in [-0.15, -0.1) is 0 Å². The summed E-state index contributed by atoms with van der Waals surface area (Å²) in [7, 11) is 0. The molecule has 0 radical (unpaired) electrons. The number of hydrogen-bond donors (Lipinski definition) is 1. The lowest BCUT2D eigenvalue weighted by Gasteiger charge is -2.10. The molecule has 2 aromatic carbocycles. The molecule has 3 aromatic rings. The summed E-state index contributed by atoms with van der Waals surface area (Å²) >= 11 is 5.43. The van der Waals surface area contributed by atoms with Crippen molar-refractivity contribution in [2.45, 2.75) is 13.5 Å². The van der Waals surface area contributed by atoms with Gasteiger partial charge in [0.05, 0.1) is 5.56 Å². The summed E-state index contributed by atoms with van der Waals surface area (Å²) in [5.74, 6) is -0.355. The molecule has 0 unspecified atom stereocenters. The smallest absolute Gasteiger partial charge is 0.338 e. The zero-order chi connectivity index (χ0) is 18.4. The maximum atomic E-state index is 12.1. The average Bonchev–Trinajstić information content (AvgIpc) is 2.68. The van der Waals surface area contributed by atoms with Crippen molar-refractivity contribution in [1.82, 2.24) is 4.98 Å². The first-order valence-electron chi connectivity index (χ1n) is 8.17. The van der Waals surface area contributed by atoms with Gasteiger partial charge in [-0.25, -0.2) is 4.79 Å². The Bertz CT molecular complexity index is 909. The Morgan fingerprint density at radius 2 is 1.77 bits per heavy atom. The fraction of sp³-hybridized carbons (Fsp3) is 0.0952. The number of rotatable bonds is 5. The van der Waals surface area contributed by atoms with Crippen molar-refractivity contribution in [3.8, 4) is 0 Å². The molecule has 0 aliphatic carbocycles. The standard InChI is InChI=1S/C21H18N2O2S/c1-15-19(8-5-13-22-15)20(26)23-18-11-9-17(10-12-18)21(24)25-14-16-6-3-2-4-7-16/h2-13H,14H2,1H3,(H,23,26). The van der Waals surface area contributed by atoms with Crippen LogP contribution in [0.3, 0.4) is 0 Å². The Morgan fingerprint density at radius 1 is 1.04 bits per heavy atom. The summed E-state index contributed by atoms with van der Waals surface area (Å²) in [6, 6.07) is 20.4. The van der Waals surface area contributed by atoms with Gasteiger partial charge in [0.25, 0.3) is 0 Å². The van der Waals surface area contributed by atoms with E-state index in [9.17, 15) is 4.79 Å². The van der Waals surface area contributed by atoms with Crippen LogP contribution in [0.1, 0.15) is 27.2 Å². The van der Waals surface area contributed by atoms with Crippen molar-refractivity contribution in [3.63, 3.8) is 0 Å². The maximum Gasteiger partial charge on any atom is 0.338 e. The largest absolute Gasteiger partial charge is 0.457 e. The number of thiocarbonyl (C=S) groups is 1. The molecule has 0 aliphatic heterocycles. The van der Waals surface area contributed by atoms with Gasteiger partial charge in [0.2, 0.25) is 0 Å². The van der Waals surface area contributed by atoms with Crippen LogP contribution in [0.15, 0.2) is 72.9 Å². The number of carbonyl (C=O) groups is 1. The van der Waals surface area contributed by atoms with E-state index in [0.29, 0.717) is 10.6 Å². The third kappa shape index (κ3) is 4.52. The number of benzene rings is 2. The third-order valence-corrected chi connectivity index (χ3v) is 4.16. The Hall–Kier alpha value is -3.05. The molecule has 0 fully saturated rings. The molecule has 5 heteroatoms. The fourth-order valence-corrected chi connectivity index (χ4v) is 2.75. The van der Waals surface area contributed by atoms with Crippen molar-refractivity contribution in [1.29, 1.82) is 0 Å². The van der Waals surface area contributed by atoms with E-state index in [1.165, 1.54) is 0 Å². The van der Waals surface area contributed by atoms with Gasteiger partial charge in [-0.05, 0) is 48.9 Å². The number of anilines is 1. The number of nitrogens with zero attached hydrogens (tertiary/aromatic N) is 1. The summed E-state index contributed by atoms with van der Waals surface area (Å²) in [6.45, 7) is 2.17. The predicted molar refractivity (Wildman–Crippen MR) is 106 cm³/mol. The van der Waals surface area contributed by atoms with Crippen LogP contribution in [0.5, 0.6) is 0 Å². The molecule has 130 valence electrons. The highest BCUT2D eigenvalue weighted by atomic mass is 32.1. The molecular weight excluding hydrogens is 344 g/mol. The second-order valence-corrected chi connectivity index (χ2v) is 6.14. The Kier molecular flexibility index (Phi) is 5.71. The number of ether oxygens (including phenoxy) is 1. The average molecular weight is 362 g/mol. The number of aryl methyl sites for hydroxylation is 1. The Balaban J connectivity index is 1.60. The summed E-state index contributed by atoms with van der Waals surface area (Å²) in [6.07, 6.45) is 1.73. The molecule has 0 saturated carbocycles. The maximum absolute atomic E-state index is 12.1. The molecule has 1 N–H and O–H groups in total. The number of aromatic nitrogens is 1. The van der Waals surface area contributed by atoms with Crippen LogP contribution in [0, 0.1) is 6.92 Å². The molecular formula is C21H18N2O2S. The van der Waals surface area contributed by atoms with Gasteiger partial charge < -0.3 is 10.1 Å². The SMILES string of the molecule is Cc1ncccc1C(=S)Nc1ccc(C(=O)OCc2ccccc2)cc1. The van der Waals surface area contributed by atoms with Crippen LogP contribution in [-0.2, 0) is 11.3 Å². The summed E-state index contributed by atoms with van der Waals surface area (Å²) in [5.41, 5.74) is 4.00. The first-order valence-corrected chi connectivity index (χ1v) is 8.58. The monoisotopic (exact) mass is 362 g/mol. The highest BCUT2D eigenvalue weighted by Gasteiger charge is 2.09. The van der Waals surface area contributed by atoms with Gasteiger partial charge in [-0.2, -0.15) is 0 Å². The van der Waals surface area contributed by atoms with Gasteiger partial charge >= 0.3 is 5.97 Å². The van der Waals surface area contributed by atoms with Crippen molar-refractivity contribution in [2.75, 3.05) is 5.32 Å². The van der Waals surface area contributed by atoms with Crippen LogP contribution in [-0.4, -0.2) is 15.9 Å². The van der Waals surface area contributed by atoms with E-state index < -0.39 is 0 Å². The van der Waals surface area contributed by atoms with E-state index in [2.05, 4.69) is 10.3 Å². The summed E-state index contributed by atoms with van der Waals surface area (Å²) in [4.78, 5) is 17.0. The Labute approximate surface area is 157 Å². The van der Waals surface area contributed by atoms with Crippen LogP contribution < -0.4 is 5.32 Å². The number of carbonyl (C=O) groups excluding carboxylic acids is 1. The topological polar surface area (TPSA) is 51.2 Å². The van der Waals surface area contributed by atoms with E-state index in [4.69, 9.17) is 17.0 Å². The number of nitrogens with one attached hydrogen (secondary N) is 1. The first-order chi connectivity index (χ1) is 12.6. The molecule has 0 aliphatic rings. The van der Waals surface area contributed by atoms with E-state index >= 15 is 0 Å². The summed E-state index contributed by atoms with van der Waals surface area (Å²) in [5, 5.41) is 3.16. The van der Waals surface area contributed by atoms with Crippen LogP contribution in [0.2, 0.25) is 0 Å². The van der Waals surface area contributed by atoms with Crippen LogP contribution in [0.4, 0.5) is 5.69 Å². The van der Waals surface area contributed by atoms with Gasteiger partial charge in [-0.3, -0.25) is 4.98 Å². The van der Waals surface area contributed by atoms with E-state index in [1.54, 1.807) is 30.5 Å². The highest BCUT2D eigenvalue weighted by Crippen LogP contribution is 2.14. The van der Waals surface area contributed by atoms with Gasteiger partial charge in [0.1, 0.15) is 11.6 Å². The normalized spacial score (nSPS) is 10.2. The van der Waals surface area contributed by atoms with Crippen LogP contribution >= 0.6 is 12.2 Å². The van der Waals surface area contributed by atoms with Crippen molar-refractivity contribution >= 4 is 28.9 Å². The summed E-state index contributed by atoms with van der Waals surface area (Å²) < 4.78 is 5.33. The lowest BCUT2D eigenvalue weighted by Crippen LogP contribution is -2.13. The molecule has 0 saturated heterocycles. The molecule has 26 heavy (non-hydrogen) atoms. The first kappa shape index (κ1) is 17.8. The van der Waals surface area contributed by atoms with Gasteiger partial charge in [-0.1, -0.05) is 42.5 Å². The number of esters is 1. The number of hydrogen-bond acceptors (Lipinski definition) is 4. The molecule has 0 atom stereocenters. The molecule has 4 nitrogen and oxygen atoms in total. The minimum absolute atomic E-state index is 0.254. The lowest BCUT2D eigenvalue weighted by molar-refractivity contribution is 0.0473. The van der Waals surface area contributed by atoms with E-state index in [0.717, 1.165) is 22.5 Å². The van der Waals surface area contributed by atoms with Crippen LogP contribution in [0.25, 0.3) is 0 Å². The van der Waals surface area contributed by atoms with Crippen molar-refractivity contribution < 1.29 is 9.53 Å². The minimum atomic E-state index is -0.355. The molecule has 0 amide bonds. The highest BCUT2D eigenvalue weighted by molar-refractivity contribution is 7.81. The van der Waals surface area contributed by atoms with Gasteiger partial charge in [0, 0.05) is 23.1 Å². The minimum Gasteiger partial charge on any atom is -0.457 e. The van der Waals surface area contributed by atoms with Crippen molar-refractivity contribution in [3.05, 3.63) is 95.3 Å². The zero-order valence-electron chi connectivity index (χ0n) is 14.3. The number of pyridine rings is 1. The second kappa shape index (κ2) is 8.36. The molecule has 0 bridgehead atoms.